The van der Waals surface area contributed by atoms with Gasteiger partial charge in [0.2, 0.25) is 0 Å². The van der Waals surface area contributed by atoms with Crippen molar-refractivity contribution in [1.82, 2.24) is 10.6 Å². The second-order valence-corrected chi connectivity index (χ2v) is 7.09. The van der Waals surface area contributed by atoms with Gasteiger partial charge in [-0.1, -0.05) is 97.8 Å². The number of rotatable bonds is 20. The van der Waals surface area contributed by atoms with Gasteiger partial charge in [-0.25, -0.2) is 5.43 Å². The monoisotopic (exact) mass is 342 g/mol. The molecule has 0 bridgehead atoms. The van der Waals surface area contributed by atoms with Crippen molar-refractivity contribution < 1.29 is 4.84 Å². The highest BCUT2D eigenvalue weighted by Crippen LogP contribution is 2.12. The van der Waals surface area contributed by atoms with Gasteiger partial charge in [-0.15, -0.1) is 5.17 Å². The first-order valence-corrected chi connectivity index (χ1v) is 11.0. The molecule has 1 N–H and O–H groups in total. The molecule has 0 aliphatic carbocycles. The topological polar surface area (TPSA) is 24.5 Å². The molecule has 0 aromatic carbocycles. The quantitative estimate of drug-likeness (QED) is 0.198. The molecule has 0 spiro atoms. The van der Waals surface area contributed by atoms with Crippen molar-refractivity contribution >= 4 is 0 Å². The molecule has 0 saturated carbocycles. The highest BCUT2D eigenvalue weighted by molar-refractivity contribution is 4.49. The number of hydrazine groups is 1. The van der Waals surface area contributed by atoms with Crippen LogP contribution in [0.4, 0.5) is 0 Å². The minimum absolute atomic E-state index is 0.856. The highest BCUT2D eigenvalue weighted by atomic mass is 16.7. The van der Waals surface area contributed by atoms with E-state index < -0.39 is 0 Å². The van der Waals surface area contributed by atoms with Gasteiger partial charge in [-0.2, -0.15) is 0 Å². The van der Waals surface area contributed by atoms with Crippen LogP contribution in [-0.4, -0.2) is 24.9 Å². The van der Waals surface area contributed by atoms with Crippen molar-refractivity contribution in [2.24, 2.45) is 0 Å². The van der Waals surface area contributed by atoms with Crippen molar-refractivity contribution in [3.05, 3.63) is 0 Å². The summed E-state index contributed by atoms with van der Waals surface area (Å²) in [6.45, 7) is 9.49. The molecule has 0 unspecified atom stereocenters. The summed E-state index contributed by atoms with van der Waals surface area (Å²) in [7, 11) is 0. The molecule has 3 nitrogen and oxygen atoms in total. The molecular weight excluding hydrogens is 296 g/mol. The van der Waals surface area contributed by atoms with Crippen LogP contribution in [0.5, 0.6) is 0 Å². The van der Waals surface area contributed by atoms with Crippen LogP contribution >= 0.6 is 0 Å². The predicted molar refractivity (Wildman–Crippen MR) is 107 cm³/mol. The first kappa shape index (κ1) is 23.9. The van der Waals surface area contributed by atoms with Gasteiger partial charge in [-0.05, 0) is 19.3 Å². The highest BCUT2D eigenvalue weighted by Gasteiger charge is 2.02. The lowest BCUT2D eigenvalue weighted by atomic mass is 10.0. The number of hydroxylamine groups is 1. The summed E-state index contributed by atoms with van der Waals surface area (Å²) in [6.07, 6.45) is 20.4. The van der Waals surface area contributed by atoms with Crippen LogP contribution in [0.15, 0.2) is 0 Å². The maximum atomic E-state index is 5.81. The van der Waals surface area contributed by atoms with E-state index in [1.807, 2.05) is 5.17 Å². The van der Waals surface area contributed by atoms with Gasteiger partial charge in [-0.3, -0.25) is 4.84 Å². The minimum atomic E-state index is 0.856. The van der Waals surface area contributed by atoms with Crippen LogP contribution in [0.1, 0.15) is 117 Å². The van der Waals surface area contributed by atoms with Crippen molar-refractivity contribution in [1.29, 1.82) is 0 Å². The number of nitrogens with zero attached hydrogens (tertiary/aromatic N) is 1. The Morgan fingerprint density at radius 3 is 1.54 bits per heavy atom. The van der Waals surface area contributed by atoms with Gasteiger partial charge < -0.3 is 0 Å². The molecule has 0 aromatic rings. The molecule has 0 atom stereocenters. The number of hydrogen-bond donors (Lipinski definition) is 1. The van der Waals surface area contributed by atoms with E-state index in [4.69, 9.17) is 4.84 Å². The van der Waals surface area contributed by atoms with E-state index in [-0.39, 0.29) is 0 Å². The Morgan fingerprint density at radius 1 is 0.583 bits per heavy atom. The third-order valence-electron chi connectivity index (χ3n) is 4.46. The van der Waals surface area contributed by atoms with Gasteiger partial charge in [0.1, 0.15) is 0 Å². The average Bonchev–Trinajstić information content (AvgIpc) is 2.59. The van der Waals surface area contributed by atoms with E-state index in [1.54, 1.807) is 0 Å². The molecule has 0 rings (SSSR count). The third-order valence-corrected chi connectivity index (χ3v) is 4.46. The van der Waals surface area contributed by atoms with Crippen LogP contribution in [0.3, 0.4) is 0 Å². The molecule has 0 radical (unpaired) electrons. The van der Waals surface area contributed by atoms with Crippen LogP contribution < -0.4 is 5.43 Å². The average molecular weight is 343 g/mol. The summed E-state index contributed by atoms with van der Waals surface area (Å²) in [5, 5.41) is 1.93. The van der Waals surface area contributed by atoms with E-state index in [1.165, 1.54) is 83.5 Å². The summed E-state index contributed by atoms with van der Waals surface area (Å²) in [5.41, 5.74) is 3.33. The van der Waals surface area contributed by atoms with Crippen molar-refractivity contribution in [2.75, 3.05) is 19.7 Å². The Hall–Kier alpha value is -0.120. The van der Waals surface area contributed by atoms with Gasteiger partial charge in [0.05, 0.1) is 6.61 Å². The van der Waals surface area contributed by atoms with E-state index in [0.29, 0.717) is 0 Å². The van der Waals surface area contributed by atoms with E-state index in [9.17, 15) is 0 Å². The molecule has 0 aliphatic rings. The lowest BCUT2D eigenvalue weighted by Gasteiger charge is -2.21. The zero-order chi connectivity index (χ0) is 17.7. The second-order valence-electron chi connectivity index (χ2n) is 7.09. The van der Waals surface area contributed by atoms with Gasteiger partial charge in [0.15, 0.2) is 0 Å². The Balaban J connectivity index is 3.21. The molecule has 0 saturated heterocycles. The molecule has 3 heteroatoms. The standard InChI is InChI=1S/C21H46N2O/c1-4-7-8-9-10-11-12-13-14-15-16-17-18-21-24-23(20-6-3)22-19-5-2/h22H,4-21H2,1-3H3. The Morgan fingerprint density at radius 2 is 1.08 bits per heavy atom. The largest absolute Gasteiger partial charge is 0.284 e. The third kappa shape index (κ3) is 18.2. The van der Waals surface area contributed by atoms with Crippen LogP contribution in [0, 0.1) is 0 Å². The van der Waals surface area contributed by atoms with E-state index in [0.717, 1.165) is 32.5 Å². The molecular formula is C21H46N2O. The fourth-order valence-corrected chi connectivity index (χ4v) is 2.92. The normalized spacial score (nSPS) is 11.5. The van der Waals surface area contributed by atoms with Crippen LogP contribution in [-0.2, 0) is 4.84 Å². The summed E-state index contributed by atoms with van der Waals surface area (Å²) < 4.78 is 0. The van der Waals surface area contributed by atoms with E-state index in [2.05, 4.69) is 26.2 Å². The zero-order valence-corrected chi connectivity index (χ0v) is 17.1. The lowest BCUT2D eigenvalue weighted by Crippen LogP contribution is -2.39. The molecule has 0 aromatic heterocycles. The molecule has 0 aliphatic heterocycles. The second kappa shape index (κ2) is 20.9. The molecule has 146 valence electrons. The minimum Gasteiger partial charge on any atom is -0.284 e. The van der Waals surface area contributed by atoms with E-state index >= 15 is 0 Å². The number of unbranched alkanes of at least 4 members (excludes halogenated alkanes) is 12. The molecule has 24 heavy (non-hydrogen) atoms. The maximum Gasteiger partial charge on any atom is 0.0701 e. The van der Waals surface area contributed by atoms with Crippen LogP contribution in [0.2, 0.25) is 0 Å². The molecule has 0 fully saturated rings. The summed E-state index contributed by atoms with van der Waals surface area (Å²) in [4.78, 5) is 5.81. The van der Waals surface area contributed by atoms with Gasteiger partial charge in [0, 0.05) is 13.1 Å². The maximum absolute atomic E-state index is 5.81. The smallest absolute Gasteiger partial charge is 0.0701 e. The molecule has 0 amide bonds. The lowest BCUT2D eigenvalue weighted by molar-refractivity contribution is -0.196. The first-order valence-electron chi connectivity index (χ1n) is 11.0. The number of nitrogens with one attached hydrogen (secondary N) is 1. The van der Waals surface area contributed by atoms with Gasteiger partial charge in [0.25, 0.3) is 0 Å². The zero-order valence-electron chi connectivity index (χ0n) is 17.1. The fourth-order valence-electron chi connectivity index (χ4n) is 2.92. The fraction of sp³-hybridized carbons (Fsp3) is 1.00. The van der Waals surface area contributed by atoms with Crippen molar-refractivity contribution in [3.63, 3.8) is 0 Å². The summed E-state index contributed by atoms with van der Waals surface area (Å²) in [5.74, 6) is 0. The summed E-state index contributed by atoms with van der Waals surface area (Å²) in [6, 6.07) is 0. The number of hydrogen-bond acceptors (Lipinski definition) is 3. The predicted octanol–water partition coefficient (Wildman–Crippen LogP) is 6.64. The summed E-state index contributed by atoms with van der Waals surface area (Å²) >= 11 is 0. The Kier molecular flexibility index (Phi) is 20.8. The Labute approximate surface area is 152 Å². The van der Waals surface area contributed by atoms with Gasteiger partial charge >= 0.3 is 0 Å². The van der Waals surface area contributed by atoms with Crippen molar-refractivity contribution in [3.8, 4) is 0 Å². The van der Waals surface area contributed by atoms with Crippen molar-refractivity contribution in [2.45, 2.75) is 117 Å². The Bertz CT molecular complexity index is 224. The van der Waals surface area contributed by atoms with Crippen LogP contribution in [0.25, 0.3) is 0 Å². The first-order chi connectivity index (χ1) is 11.8. The SMILES string of the molecule is CCCCCCCCCCCCCCCON(CCC)NCCC. The molecule has 0 heterocycles.